The first-order valence-electron chi connectivity index (χ1n) is 8.89. The minimum Gasteiger partial charge on any atom is -0.367 e. The first kappa shape index (κ1) is 17.7. The van der Waals surface area contributed by atoms with Gasteiger partial charge in [0.1, 0.15) is 0 Å². The van der Waals surface area contributed by atoms with Crippen molar-refractivity contribution in [3.8, 4) is 0 Å². The van der Waals surface area contributed by atoms with Gasteiger partial charge >= 0.3 is 6.03 Å². The number of hydrogen-bond donors (Lipinski definition) is 1. The molecule has 1 saturated carbocycles. The lowest BCUT2D eigenvalue weighted by Crippen LogP contribution is -2.53. The zero-order chi connectivity index (χ0) is 16.9. The Morgan fingerprint density at radius 1 is 1.00 bits per heavy atom. The lowest BCUT2D eigenvalue weighted by Gasteiger charge is -2.37. The van der Waals surface area contributed by atoms with Crippen LogP contribution in [0.25, 0.3) is 0 Å². The maximum absolute atomic E-state index is 12.5. The zero-order valence-corrected chi connectivity index (χ0v) is 15.5. The summed E-state index contributed by atoms with van der Waals surface area (Å²) in [5, 5.41) is 4.61. The molecule has 0 aromatic heterocycles. The average molecular weight is 370 g/mol. The standard InChI is InChI=1S/C18H25Cl2N3O/c19-14-7-8-16(20)17(13-14)22-9-11-23(12-10-22)18(24)21-15-5-3-1-2-4-6-15/h7-8,13,15H,1-6,9-12H2,(H,21,24). The first-order valence-corrected chi connectivity index (χ1v) is 9.64. The van der Waals surface area contributed by atoms with Crippen LogP contribution < -0.4 is 10.2 Å². The van der Waals surface area contributed by atoms with Crippen LogP contribution >= 0.6 is 23.2 Å². The summed E-state index contributed by atoms with van der Waals surface area (Å²) in [6.07, 6.45) is 7.28. The van der Waals surface area contributed by atoms with Crippen molar-refractivity contribution in [2.24, 2.45) is 0 Å². The highest BCUT2D eigenvalue weighted by Gasteiger charge is 2.24. The molecule has 3 rings (SSSR count). The van der Waals surface area contributed by atoms with E-state index in [-0.39, 0.29) is 6.03 Å². The van der Waals surface area contributed by atoms with Gasteiger partial charge in [-0.2, -0.15) is 0 Å². The van der Waals surface area contributed by atoms with Gasteiger partial charge < -0.3 is 15.1 Å². The number of urea groups is 1. The van der Waals surface area contributed by atoms with Crippen molar-refractivity contribution in [1.82, 2.24) is 10.2 Å². The van der Waals surface area contributed by atoms with E-state index in [1.807, 2.05) is 17.0 Å². The topological polar surface area (TPSA) is 35.6 Å². The summed E-state index contributed by atoms with van der Waals surface area (Å²) >= 11 is 12.4. The molecule has 0 radical (unpaired) electrons. The van der Waals surface area contributed by atoms with Crippen LogP contribution in [0.5, 0.6) is 0 Å². The molecule has 0 atom stereocenters. The fraction of sp³-hybridized carbons (Fsp3) is 0.611. The molecule has 4 nitrogen and oxygen atoms in total. The van der Waals surface area contributed by atoms with Crippen LogP contribution in [-0.2, 0) is 0 Å². The number of nitrogens with one attached hydrogen (secondary N) is 1. The molecule has 0 unspecified atom stereocenters. The normalized spacial score (nSPS) is 19.9. The Kier molecular flexibility index (Phi) is 6.12. The molecule has 1 N–H and O–H groups in total. The molecule has 2 aliphatic rings. The molecule has 0 spiro atoms. The number of carbonyl (C=O) groups is 1. The number of nitrogens with zero attached hydrogens (tertiary/aromatic N) is 2. The number of piperazine rings is 1. The van der Waals surface area contributed by atoms with Crippen LogP contribution in [0, 0.1) is 0 Å². The molecular formula is C18H25Cl2N3O. The summed E-state index contributed by atoms with van der Waals surface area (Å²) in [6.45, 7) is 2.97. The van der Waals surface area contributed by atoms with Crippen molar-refractivity contribution in [3.05, 3.63) is 28.2 Å². The third-order valence-electron chi connectivity index (χ3n) is 5.00. The number of amides is 2. The lowest BCUT2D eigenvalue weighted by atomic mass is 10.1. The minimum atomic E-state index is 0.0822. The quantitative estimate of drug-likeness (QED) is 0.776. The van der Waals surface area contributed by atoms with E-state index < -0.39 is 0 Å². The second-order valence-electron chi connectivity index (χ2n) is 6.71. The molecule has 1 aliphatic heterocycles. The van der Waals surface area contributed by atoms with Gasteiger partial charge in [0.2, 0.25) is 0 Å². The number of rotatable bonds is 2. The number of benzene rings is 1. The van der Waals surface area contributed by atoms with E-state index in [1.54, 1.807) is 6.07 Å². The first-order chi connectivity index (χ1) is 11.6. The van der Waals surface area contributed by atoms with E-state index in [4.69, 9.17) is 23.2 Å². The maximum Gasteiger partial charge on any atom is 0.317 e. The summed E-state index contributed by atoms with van der Waals surface area (Å²) in [5.41, 5.74) is 0.952. The Labute approximate surface area is 154 Å². The SMILES string of the molecule is O=C(NC1CCCCCC1)N1CCN(c2cc(Cl)ccc2Cl)CC1. The van der Waals surface area contributed by atoms with Gasteiger partial charge in [0.15, 0.2) is 0 Å². The smallest absolute Gasteiger partial charge is 0.317 e. The maximum atomic E-state index is 12.5. The Balaban J connectivity index is 1.52. The molecule has 0 bridgehead atoms. The predicted octanol–water partition coefficient (Wildman–Crippen LogP) is 4.55. The van der Waals surface area contributed by atoms with Gasteiger partial charge in [-0.15, -0.1) is 0 Å². The van der Waals surface area contributed by atoms with Crippen LogP contribution in [0.2, 0.25) is 10.0 Å². The van der Waals surface area contributed by atoms with Gasteiger partial charge in [-0.3, -0.25) is 0 Å². The highest BCUT2D eigenvalue weighted by Crippen LogP contribution is 2.29. The van der Waals surface area contributed by atoms with Crippen molar-refractivity contribution in [1.29, 1.82) is 0 Å². The van der Waals surface area contributed by atoms with Crippen LogP contribution in [0.1, 0.15) is 38.5 Å². The zero-order valence-electron chi connectivity index (χ0n) is 13.9. The van der Waals surface area contributed by atoms with Crippen molar-refractivity contribution < 1.29 is 4.79 Å². The summed E-state index contributed by atoms with van der Waals surface area (Å²) in [7, 11) is 0. The molecule has 2 fully saturated rings. The Morgan fingerprint density at radius 3 is 2.33 bits per heavy atom. The lowest BCUT2D eigenvalue weighted by molar-refractivity contribution is 0.189. The minimum absolute atomic E-state index is 0.0822. The molecule has 1 aliphatic carbocycles. The van der Waals surface area contributed by atoms with E-state index in [0.717, 1.165) is 31.6 Å². The van der Waals surface area contributed by atoms with E-state index in [1.165, 1.54) is 25.7 Å². The monoisotopic (exact) mass is 369 g/mol. The Morgan fingerprint density at radius 2 is 1.67 bits per heavy atom. The summed E-state index contributed by atoms with van der Waals surface area (Å²) in [6, 6.07) is 5.94. The molecule has 2 amide bonds. The average Bonchev–Trinajstić information content (AvgIpc) is 2.86. The third kappa shape index (κ3) is 4.48. The van der Waals surface area contributed by atoms with E-state index in [0.29, 0.717) is 29.2 Å². The predicted molar refractivity (Wildman–Crippen MR) is 100 cm³/mol. The molecule has 1 aromatic carbocycles. The number of hydrogen-bond acceptors (Lipinski definition) is 2. The van der Waals surface area contributed by atoms with Crippen LogP contribution in [0.15, 0.2) is 18.2 Å². The largest absolute Gasteiger partial charge is 0.367 e. The number of halogens is 2. The molecule has 24 heavy (non-hydrogen) atoms. The highest BCUT2D eigenvalue weighted by atomic mass is 35.5. The van der Waals surface area contributed by atoms with Gasteiger partial charge in [-0.05, 0) is 31.0 Å². The van der Waals surface area contributed by atoms with Crippen molar-refractivity contribution in [2.75, 3.05) is 31.1 Å². The summed E-state index contributed by atoms with van der Waals surface area (Å²) in [5.74, 6) is 0. The number of anilines is 1. The molecular weight excluding hydrogens is 345 g/mol. The van der Waals surface area contributed by atoms with Gasteiger partial charge in [0.25, 0.3) is 0 Å². The Hall–Kier alpha value is -1.13. The summed E-state index contributed by atoms with van der Waals surface area (Å²) < 4.78 is 0. The van der Waals surface area contributed by atoms with E-state index >= 15 is 0 Å². The summed E-state index contributed by atoms with van der Waals surface area (Å²) in [4.78, 5) is 16.6. The molecule has 1 heterocycles. The van der Waals surface area contributed by atoms with E-state index in [2.05, 4.69) is 10.2 Å². The molecule has 1 aromatic rings. The fourth-order valence-corrected chi connectivity index (χ4v) is 3.97. The van der Waals surface area contributed by atoms with E-state index in [9.17, 15) is 4.79 Å². The second kappa shape index (κ2) is 8.30. The molecule has 132 valence electrons. The van der Waals surface area contributed by atoms with Gasteiger partial charge in [-0.1, -0.05) is 48.9 Å². The Bertz CT molecular complexity index is 565. The second-order valence-corrected chi connectivity index (χ2v) is 7.55. The molecule has 1 saturated heterocycles. The fourth-order valence-electron chi connectivity index (χ4n) is 3.57. The van der Waals surface area contributed by atoms with Crippen molar-refractivity contribution in [2.45, 2.75) is 44.6 Å². The third-order valence-corrected chi connectivity index (χ3v) is 5.55. The van der Waals surface area contributed by atoms with Gasteiger partial charge in [-0.25, -0.2) is 4.79 Å². The van der Waals surface area contributed by atoms with Crippen LogP contribution in [-0.4, -0.2) is 43.2 Å². The van der Waals surface area contributed by atoms with Gasteiger partial charge in [0, 0.05) is 37.2 Å². The van der Waals surface area contributed by atoms with Crippen molar-refractivity contribution in [3.63, 3.8) is 0 Å². The number of carbonyl (C=O) groups excluding carboxylic acids is 1. The highest BCUT2D eigenvalue weighted by molar-refractivity contribution is 6.35. The van der Waals surface area contributed by atoms with Crippen molar-refractivity contribution >= 4 is 34.9 Å². The van der Waals surface area contributed by atoms with Gasteiger partial charge in [0.05, 0.1) is 10.7 Å². The molecule has 6 heteroatoms. The van der Waals surface area contributed by atoms with Crippen LogP contribution in [0.3, 0.4) is 0 Å². The van der Waals surface area contributed by atoms with Crippen LogP contribution in [0.4, 0.5) is 10.5 Å².